The van der Waals surface area contributed by atoms with Crippen molar-refractivity contribution in [2.45, 2.75) is 24.9 Å². The normalized spacial score (nSPS) is 17.8. The predicted molar refractivity (Wildman–Crippen MR) is 55.2 cm³/mol. The van der Waals surface area contributed by atoms with Crippen LogP contribution in [0.5, 0.6) is 0 Å². The quantitative estimate of drug-likeness (QED) is 0.771. The Hall–Kier alpha value is -0.870. The first-order valence-corrected chi connectivity index (χ1v) is 5.61. The third kappa shape index (κ3) is 2.13. The SMILES string of the molecule is COC(=O)C(NC1CC1)c1ccsc1. The number of nitrogens with one attached hydrogen (secondary N) is 1. The van der Waals surface area contributed by atoms with E-state index >= 15 is 0 Å². The monoisotopic (exact) mass is 211 g/mol. The lowest BCUT2D eigenvalue weighted by Gasteiger charge is -2.14. The third-order valence-corrected chi connectivity index (χ3v) is 2.99. The van der Waals surface area contributed by atoms with Gasteiger partial charge in [-0.15, -0.1) is 0 Å². The zero-order chi connectivity index (χ0) is 9.97. The summed E-state index contributed by atoms with van der Waals surface area (Å²) in [6, 6.07) is 2.18. The summed E-state index contributed by atoms with van der Waals surface area (Å²) in [5.74, 6) is -0.199. The first-order valence-electron chi connectivity index (χ1n) is 4.67. The molecule has 0 saturated heterocycles. The van der Waals surface area contributed by atoms with Crippen LogP contribution in [-0.2, 0) is 9.53 Å². The molecule has 76 valence electrons. The maximum Gasteiger partial charge on any atom is 0.327 e. The van der Waals surface area contributed by atoms with Crippen LogP contribution in [0.4, 0.5) is 0 Å². The molecule has 1 atom stereocenters. The van der Waals surface area contributed by atoms with Crippen LogP contribution in [0.25, 0.3) is 0 Å². The Balaban J connectivity index is 2.08. The summed E-state index contributed by atoms with van der Waals surface area (Å²) >= 11 is 1.60. The van der Waals surface area contributed by atoms with Gasteiger partial charge in [-0.25, -0.2) is 4.79 Å². The first-order chi connectivity index (χ1) is 6.81. The number of ether oxygens (including phenoxy) is 1. The molecule has 1 aromatic rings. The van der Waals surface area contributed by atoms with Gasteiger partial charge < -0.3 is 4.74 Å². The van der Waals surface area contributed by atoms with Gasteiger partial charge in [0, 0.05) is 6.04 Å². The Labute approximate surface area is 87.1 Å². The maximum absolute atomic E-state index is 11.5. The second kappa shape index (κ2) is 4.11. The van der Waals surface area contributed by atoms with Crippen LogP contribution in [0, 0.1) is 0 Å². The van der Waals surface area contributed by atoms with E-state index in [2.05, 4.69) is 5.32 Å². The van der Waals surface area contributed by atoms with Crippen molar-refractivity contribution in [2.24, 2.45) is 0 Å². The number of hydrogen-bond donors (Lipinski definition) is 1. The highest BCUT2D eigenvalue weighted by Crippen LogP contribution is 2.25. The lowest BCUT2D eigenvalue weighted by molar-refractivity contribution is -0.143. The fourth-order valence-corrected chi connectivity index (χ4v) is 2.03. The summed E-state index contributed by atoms with van der Waals surface area (Å²) in [6.45, 7) is 0. The van der Waals surface area contributed by atoms with Crippen molar-refractivity contribution in [3.8, 4) is 0 Å². The maximum atomic E-state index is 11.5. The Morgan fingerprint density at radius 1 is 1.71 bits per heavy atom. The van der Waals surface area contributed by atoms with Gasteiger partial charge in [-0.1, -0.05) is 0 Å². The Morgan fingerprint density at radius 3 is 3.00 bits per heavy atom. The number of carbonyl (C=O) groups is 1. The molecule has 0 spiro atoms. The molecule has 1 N–H and O–H groups in total. The van der Waals surface area contributed by atoms with E-state index in [4.69, 9.17) is 4.74 Å². The molecule has 0 aromatic carbocycles. The standard InChI is InChI=1S/C10H13NO2S/c1-13-10(12)9(11-8-2-3-8)7-4-5-14-6-7/h4-6,8-9,11H,2-3H2,1H3. The smallest absolute Gasteiger partial charge is 0.327 e. The van der Waals surface area contributed by atoms with Crippen molar-refractivity contribution in [3.63, 3.8) is 0 Å². The van der Waals surface area contributed by atoms with Crippen LogP contribution in [0.15, 0.2) is 16.8 Å². The van der Waals surface area contributed by atoms with Crippen molar-refractivity contribution in [3.05, 3.63) is 22.4 Å². The molecule has 1 saturated carbocycles. The Morgan fingerprint density at radius 2 is 2.50 bits per heavy atom. The highest BCUT2D eigenvalue weighted by molar-refractivity contribution is 7.08. The summed E-state index contributed by atoms with van der Waals surface area (Å²) in [6.07, 6.45) is 2.33. The molecule has 1 unspecified atom stereocenters. The molecule has 14 heavy (non-hydrogen) atoms. The Bertz CT molecular complexity index is 306. The van der Waals surface area contributed by atoms with Crippen molar-refractivity contribution in [1.82, 2.24) is 5.32 Å². The summed E-state index contributed by atoms with van der Waals surface area (Å²) in [5.41, 5.74) is 1.01. The van der Waals surface area contributed by atoms with E-state index < -0.39 is 0 Å². The lowest BCUT2D eigenvalue weighted by atomic mass is 10.1. The van der Waals surface area contributed by atoms with Crippen LogP contribution in [0.2, 0.25) is 0 Å². The van der Waals surface area contributed by atoms with Gasteiger partial charge in [0.15, 0.2) is 0 Å². The second-order valence-electron chi connectivity index (χ2n) is 3.45. The van der Waals surface area contributed by atoms with Gasteiger partial charge >= 0.3 is 5.97 Å². The van der Waals surface area contributed by atoms with Crippen LogP contribution >= 0.6 is 11.3 Å². The molecule has 0 amide bonds. The predicted octanol–water partition coefficient (Wildman–Crippen LogP) is 1.71. The first kappa shape index (κ1) is 9.68. The highest BCUT2D eigenvalue weighted by atomic mass is 32.1. The van der Waals surface area contributed by atoms with Gasteiger partial charge in [-0.3, -0.25) is 5.32 Å². The highest BCUT2D eigenvalue weighted by Gasteiger charge is 2.30. The van der Waals surface area contributed by atoms with Crippen LogP contribution in [0.1, 0.15) is 24.4 Å². The van der Waals surface area contributed by atoms with Gasteiger partial charge in [0.05, 0.1) is 7.11 Å². The summed E-state index contributed by atoms with van der Waals surface area (Å²) in [5, 5.41) is 7.23. The van der Waals surface area contributed by atoms with Crippen molar-refractivity contribution >= 4 is 17.3 Å². The molecule has 1 fully saturated rings. The van der Waals surface area contributed by atoms with Crippen LogP contribution in [0.3, 0.4) is 0 Å². The third-order valence-electron chi connectivity index (χ3n) is 2.29. The van der Waals surface area contributed by atoms with Crippen molar-refractivity contribution < 1.29 is 9.53 Å². The zero-order valence-corrected chi connectivity index (χ0v) is 8.84. The van der Waals surface area contributed by atoms with Gasteiger partial charge in [0.2, 0.25) is 0 Å². The molecule has 0 radical (unpaired) electrons. The largest absolute Gasteiger partial charge is 0.468 e. The number of methoxy groups -OCH3 is 1. The molecular weight excluding hydrogens is 198 g/mol. The number of rotatable bonds is 4. The number of esters is 1. The Kier molecular flexibility index (Phi) is 2.84. The molecule has 0 bridgehead atoms. The molecule has 4 heteroatoms. The topological polar surface area (TPSA) is 38.3 Å². The number of thiophene rings is 1. The minimum Gasteiger partial charge on any atom is -0.468 e. The summed E-state index contributed by atoms with van der Waals surface area (Å²) in [7, 11) is 1.43. The average molecular weight is 211 g/mol. The van der Waals surface area contributed by atoms with E-state index in [0.717, 1.165) is 18.4 Å². The second-order valence-corrected chi connectivity index (χ2v) is 4.23. The van der Waals surface area contributed by atoms with Crippen molar-refractivity contribution in [2.75, 3.05) is 7.11 Å². The van der Waals surface area contributed by atoms with Gasteiger partial charge in [0.25, 0.3) is 0 Å². The minimum atomic E-state index is -0.279. The zero-order valence-electron chi connectivity index (χ0n) is 8.03. The molecule has 1 aromatic heterocycles. The molecule has 3 nitrogen and oxygen atoms in total. The fourth-order valence-electron chi connectivity index (χ4n) is 1.34. The lowest BCUT2D eigenvalue weighted by Crippen LogP contribution is -2.30. The number of carbonyl (C=O) groups excluding carboxylic acids is 1. The van der Waals surface area contributed by atoms with E-state index in [9.17, 15) is 4.79 Å². The van der Waals surface area contributed by atoms with Gasteiger partial charge in [-0.05, 0) is 35.2 Å². The molecular formula is C10H13NO2S. The average Bonchev–Trinajstić information content (AvgIpc) is 2.86. The molecule has 2 rings (SSSR count). The van der Waals surface area contributed by atoms with E-state index in [1.807, 2.05) is 16.8 Å². The number of hydrogen-bond acceptors (Lipinski definition) is 4. The molecule has 0 aliphatic heterocycles. The minimum absolute atomic E-state index is 0.199. The summed E-state index contributed by atoms with van der Waals surface area (Å²) < 4.78 is 4.77. The van der Waals surface area contributed by atoms with Gasteiger partial charge in [-0.2, -0.15) is 11.3 Å². The summed E-state index contributed by atoms with van der Waals surface area (Å²) in [4.78, 5) is 11.5. The van der Waals surface area contributed by atoms with E-state index in [-0.39, 0.29) is 12.0 Å². The van der Waals surface area contributed by atoms with Crippen LogP contribution in [-0.4, -0.2) is 19.1 Å². The van der Waals surface area contributed by atoms with Gasteiger partial charge in [0.1, 0.15) is 6.04 Å². The molecule has 1 aliphatic rings. The van der Waals surface area contributed by atoms with E-state index in [0.29, 0.717) is 6.04 Å². The van der Waals surface area contributed by atoms with Crippen LogP contribution < -0.4 is 5.32 Å². The van der Waals surface area contributed by atoms with Crippen molar-refractivity contribution in [1.29, 1.82) is 0 Å². The van der Waals surface area contributed by atoms with E-state index in [1.54, 1.807) is 11.3 Å². The van der Waals surface area contributed by atoms with E-state index in [1.165, 1.54) is 7.11 Å². The fraction of sp³-hybridized carbons (Fsp3) is 0.500. The molecule has 1 aliphatic carbocycles. The molecule has 1 heterocycles.